The van der Waals surface area contributed by atoms with Gasteiger partial charge in [-0.2, -0.15) is 5.10 Å². The van der Waals surface area contributed by atoms with Crippen LogP contribution < -0.4 is 5.32 Å². The first-order chi connectivity index (χ1) is 12.6. The lowest BCUT2D eigenvalue weighted by Gasteiger charge is -2.23. The SMILES string of the molecule is Cc1cc(CN2Cc3cccn3C[C@H](CC(=O)NCC3CC3)C2)n(C)n1. The van der Waals surface area contributed by atoms with Gasteiger partial charge >= 0.3 is 0 Å². The first-order valence-corrected chi connectivity index (χ1v) is 9.69. The van der Waals surface area contributed by atoms with Crippen LogP contribution in [0.25, 0.3) is 0 Å². The van der Waals surface area contributed by atoms with Crippen molar-refractivity contribution in [1.29, 1.82) is 0 Å². The van der Waals surface area contributed by atoms with Gasteiger partial charge in [-0.05, 0) is 49.8 Å². The van der Waals surface area contributed by atoms with Crippen molar-refractivity contribution in [3.8, 4) is 0 Å². The number of nitrogens with one attached hydrogen (secondary N) is 1. The molecule has 1 fully saturated rings. The largest absolute Gasteiger partial charge is 0.356 e. The van der Waals surface area contributed by atoms with Crippen LogP contribution in [-0.4, -0.2) is 38.2 Å². The molecule has 26 heavy (non-hydrogen) atoms. The predicted octanol–water partition coefficient (Wildman–Crippen LogP) is 2.08. The van der Waals surface area contributed by atoms with Gasteiger partial charge in [0.1, 0.15) is 0 Å². The quantitative estimate of drug-likeness (QED) is 0.863. The summed E-state index contributed by atoms with van der Waals surface area (Å²) in [7, 11) is 2.01. The number of carbonyl (C=O) groups excluding carboxylic acids is 1. The lowest BCUT2D eigenvalue weighted by Crippen LogP contribution is -2.33. The zero-order valence-electron chi connectivity index (χ0n) is 15.8. The Bertz CT molecular complexity index is 773. The Balaban J connectivity index is 1.44. The standard InChI is InChI=1S/C20H29N5O/c1-15-8-19(23(2)22-15)14-24-11-17(9-20(26)21-10-16-5-6-16)12-25-7-3-4-18(25)13-24/h3-4,7-8,16-17H,5-6,9-14H2,1-2H3,(H,21,26)/t17-/m1/s1. The third-order valence-electron chi connectivity index (χ3n) is 5.52. The van der Waals surface area contributed by atoms with E-state index in [1.54, 1.807) is 0 Å². The zero-order chi connectivity index (χ0) is 18.1. The number of aryl methyl sites for hydroxylation is 2. The molecule has 140 valence electrons. The summed E-state index contributed by atoms with van der Waals surface area (Å²) in [6.45, 7) is 6.52. The maximum Gasteiger partial charge on any atom is 0.220 e. The number of rotatable bonds is 6. The van der Waals surface area contributed by atoms with Crippen molar-refractivity contribution in [3.05, 3.63) is 41.5 Å². The fraction of sp³-hybridized carbons (Fsp3) is 0.600. The molecule has 1 N–H and O–H groups in total. The number of nitrogens with zero attached hydrogens (tertiary/aromatic N) is 4. The lowest BCUT2D eigenvalue weighted by molar-refractivity contribution is -0.122. The Morgan fingerprint density at radius 3 is 2.88 bits per heavy atom. The van der Waals surface area contributed by atoms with Crippen LogP contribution in [0.4, 0.5) is 0 Å². The van der Waals surface area contributed by atoms with E-state index in [0.717, 1.165) is 44.3 Å². The van der Waals surface area contributed by atoms with E-state index in [-0.39, 0.29) is 5.91 Å². The van der Waals surface area contributed by atoms with Crippen molar-refractivity contribution in [2.45, 2.75) is 45.8 Å². The third kappa shape index (κ3) is 4.18. The second-order valence-electron chi connectivity index (χ2n) is 8.04. The van der Waals surface area contributed by atoms with E-state index in [9.17, 15) is 4.79 Å². The molecule has 2 aromatic rings. The number of hydrogen-bond acceptors (Lipinski definition) is 3. The second-order valence-corrected chi connectivity index (χ2v) is 8.04. The normalized spacial score (nSPS) is 20.6. The highest BCUT2D eigenvalue weighted by Crippen LogP contribution is 2.27. The van der Waals surface area contributed by atoms with Gasteiger partial charge in [0, 0.05) is 58.1 Å². The van der Waals surface area contributed by atoms with E-state index in [2.05, 4.69) is 44.3 Å². The Labute approximate surface area is 155 Å². The highest BCUT2D eigenvalue weighted by Gasteiger charge is 2.26. The molecule has 1 saturated carbocycles. The summed E-state index contributed by atoms with van der Waals surface area (Å²) in [6, 6.07) is 6.45. The molecule has 0 radical (unpaired) electrons. The molecule has 0 unspecified atom stereocenters. The van der Waals surface area contributed by atoms with E-state index in [0.29, 0.717) is 12.3 Å². The number of fused-ring (bicyclic) bond motifs is 1. The fourth-order valence-electron chi connectivity index (χ4n) is 3.97. The van der Waals surface area contributed by atoms with Crippen LogP contribution in [0, 0.1) is 18.8 Å². The van der Waals surface area contributed by atoms with Crippen molar-refractivity contribution < 1.29 is 4.79 Å². The molecular formula is C20H29N5O. The van der Waals surface area contributed by atoms with Gasteiger partial charge in [-0.3, -0.25) is 14.4 Å². The molecular weight excluding hydrogens is 326 g/mol. The van der Waals surface area contributed by atoms with Crippen LogP contribution >= 0.6 is 0 Å². The number of amides is 1. The third-order valence-corrected chi connectivity index (χ3v) is 5.52. The van der Waals surface area contributed by atoms with Gasteiger partial charge in [0.25, 0.3) is 0 Å². The minimum Gasteiger partial charge on any atom is -0.356 e. The number of aromatic nitrogens is 3. The van der Waals surface area contributed by atoms with Crippen LogP contribution in [-0.2, 0) is 31.5 Å². The fourth-order valence-corrected chi connectivity index (χ4v) is 3.97. The van der Waals surface area contributed by atoms with E-state index in [1.807, 2.05) is 18.7 Å². The second kappa shape index (κ2) is 7.27. The zero-order valence-corrected chi connectivity index (χ0v) is 15.8. The minimum absolute atomic E-state index is 0.203. The Morgan fingerprint density at radius 2 is 2.15 bits per heavy atom. The molecule has 6 nitrogen and oxygen atoms in total. The molecule has 4 rings (SSSR count). The molecule has 1 amide bonds. The smallest absolute Gasteiger partial charge is 0.220 e. The van der Waals surface area contributed by atoms with Crippen molar-refractivity contribution in [2.75, 3.05) is 13.1 Å². The van der Waals surface area contributed by atoms with Crippen molar-refractivity contribution in [3.63, 3.8) is 0 Å². The monoisotopic (exact) mass is 355 g/mol. The summed E-state index contributed by atoms with van der Waals surface area (Å²) in [6.07, 6.45) is 5.29. The molecule has 1 atom stereocenters. The van der Waals surface area contributed by atoms with Gasteiger partial charge < -0.3 is 9.88 Å². The molecule has 0 spiro atoms. The Hall–Kier alpha value is -2.08. The van der Waals surface area contributed by atoms with Gasteiger partial charge in [0.2, 0.25) is 5.91 Å². The van der Waals surface area contributed by atoms with E-state index < -0.39 is 0 Å². The van der Waals surface area contributed by atoms with Gasteiger partial charge in [0.15, 0.2) is 0 Å². The molecule has 3 heterocycles. The molecule has 2 aromatic heterocycles. The highest BCUT2D eigenvalue weighted by atomic mass is 16.1. The van der Waals surface area contributed by atoms with Gasteiger partial charge in [-0.1, -0.05) is 0 Å². The van der Waals surface area contributed by atoms with Crippen LogP contribution in [0.1, 0.15) is 36.3 Å². The molecule has 1 aliphatic heterocycles. The van der Waals surface area contributed by atoms with E-state index >= 15 is 0 Å². The minimum atomic E-state index is 0.203. The molecule has 2 aliphatic rings. The summed E-state index contributed by atoms with van der Waals surface area (Å²) in [5.41, 5.74) is 3.60. The molecule has 6 heteroatoms. The van der Waals surface area contributed by atoms with Crippen LogP contribution in [0.3, 0.4) is 0 Å². The Morgan fingerprint density at radius 1 is 1.31 bits per heavy atom. The highest BCUT2D eigenvalue weighted by molar-refractivity contribution is 5.76. The topological polar surface area (TPSA) is 55.1 Å². The summed E-state index contributed by atoms with van der Waals surface area (Å²) >= 11 is 0. The number of hydrogen-bond donors (Lipinski definition) is 1. The van der Waals surface area contributed by atoms with Crippen LogP contribution in [0.5, 0.6) is 0 Å². The van der Waals surface area contributed by atoms with Gasteiger partial charge in [0.05, 0.1) is 11.4 Å². The van der Waals surface area contributed by atoms with Gasteiger partial charge in [-0.15, -0.1) is 0 Å². The van der Waals surface area contributed by atoms with Gasteiger partial charge in [-0.25, -0.2) is 0 Å². The van der Waals surface area contributed by atoms with Crippen molar-refractivity contribution >= 4 is 5.91 Å². The summed E-state index contributed by atoms with van der Waals surface area (Å²) in [5.74, 6) is 1.26. The molecule has 0 aromatic carbocycles. The summed E-state index contributed by atoms with van der Waals surface area (Å²) < 4.78 is 4.28. The number of carbonyl (C=O) groups is 1. The average Bonchev–Trinajstić information content (AvgIpc) is 3.27. The van der Waals surface area contributed by atoms with Crippen molar-refractivity contribution in [1.82, 2.24) is 24.6 Å². The summed E-state index contributed by atoms with van der Waals surface area (Å²) in [5, 5.41) is 7.60. The molecule has 0 bridgehead atoms. The molecule has 0 saturated heterocycles. The van der Waals surface area contributed by atoms with Crippen LogP contribution in [0.15, 0.2) is 24.4 Å². The first kappa shape index (κ1) is 17.3. The van der Waals surface area contributed by atoms with E-state index in [1.165, 1.54) is 24.2 Å². The van der Waals surface area contributed by atoms with E-state index in [4.69, 9.17) is 0 Å². The first-order valence-electron chi connectivity index (χ1n) is 9.69. The Kier molecular flexibility index (Phi) is 4.85. The lowest BCUT2D eigenvalue weighted by atomic mass is 10.0. The maximum absolute atomic E-state index is 12.4. The predicted molar refractivity (Wildman–Crippen MR) is 100 cm³/mol. The maximum atomic E-state index is 12.4. The van der Waals surface area contributed by atoms with Crippen LogP contribution in [0.2, 0.25) is 0 Å². The average molecular weight is 355 g/mol. The van der Waals surface area contributed by atoms with Crippen molar-refractivity contribution in [2.24, 2.45) is 18.9 Å². The summed E-state index contributed by atoms with van der Waals surface area (Å²) in [4.78, 5) is 14.8. The molecule has 1 aliphatic carbocycles.